The number of thiazole rings is 1. The van der Waals surface area contributed by atoms with E-state index in [4.69, 9.17) is 0 Å². The van der Waals surface area contributed by atoms with Crippen molar-refractivity contribution < 1.29 is 18.1 Å². The summed E-state index contributed by atoms with van der Waals surface area (Å²) in [6, 6.07) is 9.24. The van der Waals surface area contributed by atoms with Crippen molar-refractivity contribution in [3.05, 3.63) is 57.6 Å². The maximum atomic E-state index is 13.4. The fraction of sp³-hybridized carbons (Fsp3) is 0.300. The first-order valence-corrected chi connectivity index (χ1v) is 12.0. The molecule has 1 heterocycles. The smallest absolute Gasteiger partial charge is 0.273 e. The lowest BCUT2D eigenvalue weighted by atomic mass is 10.1. The first-order chi connectivity index (χ1) is 14.5. The van der Waals surface area contributed by atoms with E-state index in [2.05, 4.69) is 4.98 Å². The molecule has 0 aliphatic rings. The Morgan fingerprint density at radius 3 is 2.45 bits per heavy atom. The number of hydrogen-bond donors (Lipinski definition) is 0. The summed E-state index contributed by atoms with van der Waals surface area (Å²) in [7, 11) is 0.221. The van der Waals surface area contributed by atoms with Crippen molar-refractivity contribution in [3.8, 4) is 0 Å². The zero-order valence-electron chi connectivity index (χ0n) is 17.5. The number of nitro benzene ring substituents is 1. The maximum absolute atomic E-state index is 13.4. The average molecular weight is 463 g/mol. The number of sulfone groups is 1. The Balaban J connectivity index is 2.14. The van der Waals surface area contributed by atoms with Crippen molar-refractivity contribution in [2.24, 2.45) is 0 Å². The molecule has 11 heteroatoms. The molecule has 0 atom stereocenters. The number of amides is 1. The van der Waals surface area contributed by atoms with Gasteiger partial charge in [0.2, 0.25) is 0 Å². The van der Waals surface area contributed by atoms with Gasteiger partial charge in [-0.15, -0.1) is 0 Å². The molecule has 9 nitrogen and oxygen atoms in total. The topological polar surface area (TPSA) is 114 Å². The number of para-hydroxylation sites is 1. The molecule has 0 N–H and O–H groups in total. The summed E-state index contributed by atoms with van der Waals surface area (Å²) in [6.07, 6.45) is 1.11. The Morgan fingerprint density at radius 2 is 1.84 bits per heavy atom. The zero-order valence-corrected chi connectivity index (χ0v) is 19.2. The Morgan fingerprint density at radius 1 is 1.16 bits per heavy atom. The minimum atomic E-state index is -3.50. The molecule has 0 saturated heterocycles. The predicted octanol–water partition coefficient (Wildman–Crippen LogP) is 3.12. The standard InChI is InChI=1S/C20H22N4O5S2/c1-13-14(7-5-8-15(13)24(26)27)19(25)23(12-11-22(2)3)20-21-18-16(30-20)9-6-10-17(18)31(4,28)29/h5-10H,11-12H2,1-4H3. The van der Waals surface area contributed by atoms with Crippen LogP contribution in [-0.4, -0.2) is 62.6 Å². The van der Waals surface area contributed by atoms with Gasteiger partial charge in [0, 0.05) is 36.5 Å². The fourth-order valence-corrected chi connectivity index (χ4v) is 5.02. The highest BCUT2D eigenvalue weighted by atomic mass is 32.2. The van der Waals surface area contributed by atoms with Crippen LogP contribution < -0.4 is 4.90 Å². The number of fused-ring (bicyclic) bond motifs is 1. The van der Waals surface area contributed by atoms with Crippen LogP contribution in [0, 0.1) is 17.0 Å². The highest BCUT2D eigenvalue weighted by Gasteiger charge is 2.26. The zero-order chi connectivity index (χ0) is 22.9. The van der Waals surface area contributed by atoms with Crippen LogP contribution in [0.25, 0.3) is 10.2 Å². The monoisotopic (exact) mass is 462 g/mol. The number of rotatable bonds is 7. The number of aromatic nitrogens is 1. The van der Waals surface area contributed by atoms with Crippen LogP contribution in [0.2, 0.25) is 0 Å². The summed E-state index contributed by atoms with van der Waals surface area (Å²) >= 11 is 1.20. The van der Waals surface area contributed by atoms with Crippen molar-refractivity contribution >= 4 is 48.1 Å². The summed E-state index contributed by atoms with van der Waals surface area (Å²) in [5.41, 5.74) is 0.645. The quantitative estimate of drug-likeness (QED) is 0.391. The Labute approximate surface area is 184 Å². The van der Waals surface area contributed by atoms with E-state index in [1.165, 1.54) is 41.4 Å². The minimum absolute atomic E-state index is 0.0963. The maximum Gasteiger partial charge on any atom is 0.273 e. The molecule has 0 aliphatic carbocycles. The lowest BCUT2D eigenvalue weighted by Crippen LogP contribution is -2.37. The second kappa shape index (κ2) is 8.69. The Kier molecular flexibility index (Phi) is 6.39. The van der Waals surface area contributed by atoms with Gasteiger partial charge >= 0.3 is 0 Å². The number of anilines is 1. The summed E-state index contributed by atoms with van der Waals surface area (Å²) in [5, 5.41) is 11.6. The fourth-order valence-electron chi connectivity index (χ4n) is 3.11. The van der Waals surface area contributed by atoms with Crippen molar-refractivity contribution in [1.82, 2.24) is 9.88 Å². The molecule has 3 rings (SSSR count). The normalized spacial score (nSPS) is 11.8. The molecular weight excluding hydrogens is 440 g/mol. The second-order valence-corrected chi connectivity index (χ2v) is 10.3. The van der Waals surface area contributed by atoms with Crippen LogP contribution in [0.1, 0.15) is 15.9 Å². The van der Waals surface area contributed by atoms with Crippen molar-refractivity contribution in [2.45, 2.75) is 11.8 Å². The molecule has 31 heavy (non-hydrogen) atoms. The summed E-state index contributed by atoms with van der Waals surface area (Å²) in [6.45, 7) is 2.34. The van der Waals surface area contributed by atoms with Crippen molar-refractivity contribution in [2.75, 3.05) is 38.3 Å². The number of likely N-dealkylation sites (N-methyl/N-ethyl adjacent to an activating group) is 1. The van der Waals surface area contributed by atoms with E-state index in [9.17, 15) is 23.3 Å². The summed E-state index contributed by atoms with van der Waals surface area (Å²) in [5.74, 6) is -0.428. The van der Waals surface area contributed by atoms with E-state index in [1.54, 1.807) is 18.2 Å². The first kappa shape index (κ1) is 22.8. The van der Waals surface area contributed by atoms with Gasteiger partial charge in [-0.1, -0.05) is 23.5 Å². The van der Waals surface area contributed by atoms with Crippen LogP contribution >= 0.6 is 11.3 Å². The van der Waals surface area contributed by atoms with Crippen LogP contribution in [0.15, 0.2) is 41.3 Å². The third kappa shape index (κ3) is 4.73. The number of nitro groups is 1. The molecule has 0 fully saturated rings. The van der Waals surface area contributed by atoms with E-state index >= 15 is 0 Å². The van der Waals surface area contributed by atoms with E-state index < -0.39 is 20.7 Å². The SMILES string of the molecule is Cc1c(C(=O)N(CCN(C)C)c2nc3c(S(C)(=O)=O)cccc3s2)cccc1[N+](=O)[O-]. The van der Waals surface area contributed by atoms with Gasteiger partial charge in [0.15, 0.2) is 15.0 Å². The summed E-state index contributed by atoms with van der Waals surface area (Å²) < 4.78 is 24.9. The second-order valence-electron chi connectivity index (χ2n) is 7.34. The number of benzene rings is 2. The number of nitrogens with zero attached hydrogens (tertiary/aromatic N) is 4. The molecule has 1 aromatic heterocycles. The molecule has 1 amide bonds. The van der Waals surface area contributed by atoms with Gasteiger partial charge in [-0.3, -0.25) is 19.8 Å². The van der Waals surface area contributed by atoms with Crippen LogP contribution in [-0.2, 0) is 9.84 Å². The lowest BCUT2D eigenvalue weighted by Gasteiger charge is -2.22. The molecule has 0 radical (unpaired) electrons. The molecule has 0 spiro atoms. The Bertz CT molecular complexity index is 1270. The number of carbonyl (C=O) groups excluding carboxylic acids is 1. The van der Waals surface area contributed by atoms with Crippen molar-refractivity contribution in [3.63, 3.8) is 0 Å². The molecule has 0 bridgehead atoms. The third-order valence-corrected chi connectivity index (χ3v) is 6.92. The van der Waals surface area contributed by atoms with Gasteiger partial charge in [-0.25, -0.2) is 13.4 Å². The third-order valence-electron chi connectivity index (χ3n) is 4.75. The van der Waals surface area contributed by atoms with Gasteiger partial charge in [0.25, 0.3) is 11.6 Å². The molecule has 164 valence electrons. The van der Waals surface area contributed by atoms with Crippen LogP contribution in [0.4, 0.5) is 10.8 Å². The first-order valence-electron chi connectivity index (χ1n) is 9.31. The largest absolute Gasteiger partial charge is 0.308 e. The van der Waals surface area contributed by atoms with E-state index in [0.29, 0.717) is 21.9 Å². The van der Waals surface area contributed by atoms with Crippen LogP contribution in [0.3, 0.4) is 0 Å². The highest BCUT2D eigenvalue weighted by molar-refractivity contribution is 7.91. The molecule has 2 aromatic carbocycles. The molecule has 0 aliphatic heterocycles. The molecule has 0 saturated carbocycles. The van der Waals surface area contributed by atoms with Gasteiger partial charge in [0.05, 0.1) is 14.5 Å². The molecular formula is C20H22N4O5S2. The lowest BCUT2D eigenvalue weighted by molar-refractivity contribution is -0.385. The average Bonchev–Trinajstić information content (AvgIpc) is 3.10. The van der Waals surface area contributed by atoms with Gasteiger partial charge < -0.3 is 4.90 Å². The van der Waals surface area contributed by atoms with Gasteiger partial charge in [0.1, 0.15) is 5.52 Å². The highest BCUT2D eigenvalue weighted by Crippen LogP contribution is 2.34. The molecule has 0 unspecified atom stereocenters. The summed E-state index contributed by atoms with van der Waals surface area (Å²) in [4.78, 5) is 32.2. The minimum Gasteiger partial charge on any atom is -0.308 e. The Hall–Kier alpha value is -2.89. The van der Waals surface area contributed by atoms with Gasteiger partial charge in [-0.2, -0.15) is 0 Å². The van der Waals surface area contributed by atoms with Gasteiger partial charge in [-0.05, 0) is 39.2 Å². The number of hydrogen-bond acceptors (Lipinski definition) is 8. The van der Waals surface area contributed by atoms with E-state index in [0.717, 1.165) is 6.26 Å². The number of carbonyl (C=O) groups is 1. The van der Waals surface area contributed by atoms with Crippen LogP contribution in [0.5, 0.6) is 0 Å². The van der Waals surface area contributed by atoms with E-state index in [1.807, 2.05) is 19.0 Å². The molecule has 3 aromatic rings. The van der Waals surface area contributed by atoms with Crippen molar-refractivity contribution in [1.29, 1.82) is 0 Å². The predicted molar refractivity (Wildman–Crippen MR) is 121 cm³/mol. The van der Waals surface area contributed by atoms with E-state index in [-0.39, 0.29) is 28.3 Å².